The van der Waals surface area contributed by atoms with Crippen molar-refractivity contribution in [3.05, 3.63) is 23.2 Å². The van der Waals surface area contributed by atoms with E-state index in [9.17, 15) is 0 Å². The third kappa shape index (κ3) is 3.53. The van der Waals surface area contributed by atoms with Gasteiger partial charge in [0.05, 0.1) is 12.3 Å². The van der Waals surface area contributed by atoms with Crippen molar-refractivity contribution >= 4 is 17.3 Å². The summed E-state index contributed by atoms with van der Waals surface area (Å²) in [5.74, 6) is 0.877. The highest BCUT2D eigenvalue weighted by Gasteiger charge is 2.22. The molecule has 0 amide bonds. The first-order valence-electron chi connectivity index (χ1n) is 6.63. The van der Waals surface area contributed by atoms with E-state index in [-0.39, 0.29) is 0 Å². The fourth-order valence-corrected chi connectivity index (χ4v) is 2.49. The molecule has 0 aliphatic heterocycles. The molecule has 2 atom stereocenters. The lowest BCUT2D eigenvalue weighted by Gasteiger charge is -2.18. The van der Waals surface area contributed by atoms with Crippen LogP contribution in [0.2, 0.25) is 5.02 Å². The van der Waals surface area contributed by atoms with Crippen molar-refractivity contribution in [2.45, 2.75) is 44.7 Å². The van der Waals surface area contributed by atoms with Crippen LogP contribution >= 0.6 is 11.6 Å². The van der Waals surface area contributed by atoms with E-state index in [2.05, 4.69) is 12.2 Å². The maximum absolute atomic E-state index is 6.04. The molecule has 0 saturated heterocycles. The first-order chi connectivity index (χ1) is 8.69. The highest BCUT2D eigenvalue weighted by atomic mass is 35.5. The molecule has 3 N–H and O–H groups in total. The molecule has 3 nitrogen and oxygen atoms in total. The molecule has 0 aromatic heterocycles. The lowest BCUT2D eigenvalue weighted by molar-refractivity contribution is 0.318. The Hall–Kier alpha value is -0.930. The summed E-state index contributed by atoms with van der Waals surface area (Å²) in [7, 11) is 0. The van der Waals surface area contributed by atoms with E-state index in [4.69, 9.17) is 22.1 Å². The van der Waals surface area contributed by atoms with Crippen LogP contribution in [-0.2, 0) is 0 Å². The van der Waals surface area contributed by atoms with Crippen molar-refractivity contribution in [2.24, 2.45) is 5.73 Å². The van der Waals surface area contributed by atoms with Gasteiger partial charge in [-0.1, -0.05) is 18.5 Å². The Labute approximate surface area is 114 Å². The number of nitrogens with two attached hydrogens (primary N) is 1. The van der Waals surface area contributed by atoms with Gasteiger partial charge in [0, 0.05) is 17.1 Å². The predicted octanol–water partition coefficient (Wildman–Crippen LogP) is 3.42. The number of ether oxygens (including phenoxy) is 1. The molecule has 100 valence electrons. The van der Waals surface area contributed by atoms with Crippen LogP contribution in [-0.4, -0.2) is 18.7 Å². The van der Waals surface area contributed by atoms with E-state index in [1.807, 2.05) is 18.2 Å². The fourth-order valence-electron chi connectivity index (χ4n) is 2.32. The fraction of sp³-hybridized carbons (Fsp3) is 0.571. The van der Waals surface area contributed by atoms with Gasteiger partial charge in [0.1, 0.15) is 5.75 Å². The molecule has 0 heterocycles. The second kappa shape index (κ2) is 6.30. The first-order valence-corrected chi connectivity index (χ1v) is 7.01. The topological polar surface area (TPSA) is 47.3 Å². The second-order valence-corrected chi connectivity index (χ2v) is 5.34. The Bertz CT molecular complexity index is 397. The van der Waals surface area contributed by atoms with Gasteiger partial charge >= 0.3 is 0 Å². The van der Waals surface area contributed by atoms with Gasteiger partial charge in [0.15, 0.2) is 0 Å². The Morgan fingerprint density at radius 3 is 2.94 bits per heavy atom. The molecule has 4 heteroatoms. The molecule has 0 spiro atoms. The summed E-state index contributed by atoms with van der Waals surface area (Å²) < 4.78 is 5.73. The van der Waals surface area contributed by atoms with E-state index in [0.29, 0.717) is 12.1 Å². The number of hydrogen-bond acceptors (Lipinski definition) is 3. The van der Waals surface area contributed by atoms with Gasteiger partial charge in [0.2, 0.25) is 0 Å². The lowest BCUT2D eigenvalue weighted by Crippen LogP contribution is -2.21. The zero-order valence-corrected chi connectivity index (χ0v) is 11.5. The molecule has 1 aromatic rings. The molecule has 2 rings (SSSR count). The number of halogens is 1. The Kier molecular flexibility index (Phi) is 4.72. The average molecular weight is 269 g/mol. The largest absolute Gasteiger partial charge is 0.491 e. The monoisotopic (exact) mass is 268 g/mol. The molecule has 1 aliphatic carbocycles. The molecule has 1 aliphatic rings. The molecule has 0 bridgehead atoms. The first kappa shape index (κ1) is 13.5. The van der Waals surface area contributed by atoms with Crippen molar-refractivity contribution in [2.75, 3.05) is 11.9 Å². The minimum Gasteiger partial charge on any atom is -0.491 e. The van der Waals surface area contributed by atoms with E-state index in [0.717, 1.165) is 48.7 Å². The smallest absolute Gasteiger partial charge is 0.142 e. The third-order valence-corrected chi connectivity index (χ3v) is 3.47. The van der Waals surface area contributed by atoms with Crippen LogP contribution in [0.3, 0.4) is 0 Å². The molecule has 1 fully saturated rings. The highest BCUT2D eigenvalue weighted by molar-refractivity contribution is 6.30. The van der Waals surface area contributed by atoms with Gasteiger partial charge in [-0.15, -0.1) is 0 Å². The number of anilines is 1. The SMILES string of the molecule is CCCOc1ccc(Cl)cc1NC1CCC(N)C1. The quantitative estimate of drug-likeness (QED) is 0.860. The van der Waals surface area contributed by atoms with Crippen LogP contribution in [0.1, 0.15) is 32.6 Å². The van der Waals surface area contributed by atoms with Crippen LogP contribution in [0.4, 0.5) is 5.69 Å². The summed E-state index contributed by atoms with van der Waals surface area (Å²) in [4.78, 5) is 0. The highest BCUT2D eigenvalue weighted by Crippen LogP contribution is 2.31. The Morgan fingerprint density at radius 1 is 1.44 bits per heavy atom. The van der Waals surface area contributed by atoms with Gasteiger partial charge in [-0.05, 0) is 43.9 Å². The Morgan fingerprint density at radius 2 is 2.28 bits per heavy atom. The van der Waals surface area contributed by atoms with Crippen LogP contribution in [0.15, 0.2) is 18.2 Å². The van der Waals surface area contributed by atoms with Crippen LogP contribution < -0.4 is 15.8 Å². The molecular weight excluding hydrogens is 248 g/mol. The lowest BCUT2D eigenvalue weighted by atomic mass is 10.2. The van der Waals surface area contributed by atoms with Gasteiger partial charge in [-0.3, -0.25) is 0 Å². The van der Waals surface area contributed by atoms with Crippen LogP contribution in [0, 0.1) is 0 Å². The van der Waals surface area contributed by atoms with Crippen molar-refractivity contribution in [3.63, 3.8) is 0 Å². The van der Waals surface area contributed by atoms with E-state index >= 15 is 0 Å². The van der Waals surface area contributed by atoms with Crippen molar-refractivity contribution in [1.29, 1.82) is 0 Å². The van der Waals surface area contributed by atoms with Gasteiger partial charge in [-0.2, -0.15) is 0 Å². The normalized spacial score (nSPS) is 23.1. The zero-order chi connectivity index (χ0) is 13.0. The number of benzene rings is 1. The van der Waals surface area contributed by atoms with Crippen molar-refractivity contribution in [1.82, 2.24) is 0 Å². The molecular formula is C14H21ClN2O. The van der Waals surface area contributed by atoms with Crippen LogP contribution in [0.5, 0.6) is 5.75 Å². The summed E-state index contributed by atoms with van der Waals surface area (Å²) in [6.45, 7) is 2.82. The minimum atomic E-state index is 0.321. The standard InChI is InChI=1S/C14H21ClN2O/c1-2-7-18-14-6-3-10(15)8-13(14)17-12-5-4-11(16)9-12/h3,6,8,11-12,17H,2,4-5,7,9,16H2,1H3. The van der Waals surface area contributed by atoms with Crippen molar-refractivity contribution in [3.8, 4) is 5.75 Å². The number of rotatable bonds is 5. The van der Waals surface area contributed by atoms with E-state index < -0.39 is 0 Å². The molecule has 2 unspecified atom stereocenters. The molecule has 0 radical (unpaired) electrons. The maximum Gasteiger partial charge on any atom is 0.142 e. The number of nitrogens with one attached hydrogen (secondary N) is 1. The second-order valence-electron chi connectivity index (χ2n) is 4.90. The predicted molar refractivity (Wildman–Crippen MR) is 76.5 cm³/mol. The summed E-state index contributed by atoms with van der Waals surface area (Å²) in [5.41, 5.74) is 6.91. The van der Waals surface area contributed by atoms with Crippen LogP contribution in [0.25, 0.3) is 0 Å². The summed E-state index contributed by atoms with van der Waals surface area (Å²) in [5, 5.41) is 4.23. The van der Waals surface area contributed by atoms with Gasteiger partial charge in [-0.25, -0.2) is 0 Å². The zero-order valence-electron chi connectivity index (χ0n) is 10.8. The molecule has 1 aromatic carbocycles. The summed E-state index contributed by atoms with van der Waals surface area (Å²) >= 11 is 6.04. The maximum atomic E-state index is 6.04. The summed E-state index contributed by atoms with van der Waals surface area (Å²) in [6.07, 6.45) is 4.21. The minimum absolute atomic E-state index is 0.321. The summed E-state index contributed by atoms with van der Waals surface area (Å²) in [6, 6.07) is 6.47. The van der Waals surface area contributed by atoms with E-state index in [1.165, 1.54) is 0 Å². The molecule has 1 saturated carbocycles. The number of hydrogen-bond donors (Lipinski definition) is 2. The van der Waals surface area contributed by atoms with Gasteiger partial charge < -0.3 is 15.8 Å². The van der Waals surface area contributed by atoms with Crippen molar-refractivity contribution < 1.29 is 4.74 Å². The third-order valence-electron chi connectivity index (χ3n) is 3.24. The Balaban J connectivity index is 2.06. The average Bonchev–Trinajstić information content (AvgIpc) is 2.74. The van der Waals surface area contributed by atoms with Gasteiger partial charge in [0.25, 0.3) is 0 Å². The molecule has 18 heavy (non-hydrogen) atoms. The van der Waals surface area contributed by atoms with E-state index in [1.54, 1.807) is 0 Å².